The Balaban J connectivity index is 0.782. The maximum atomic E-state index is 13.5. The van der Waals surface area contributed by atoms with Crippen molar-refractivity contribution in [1.82, 2.24) is 29.9 Å². The molecule has 59 heavy (non-hydrogen) atoms. The predicted octanol–water partition coefficient (Wildman–Crippen LogP) is 7.30. The minimum atomic E-state index is -4.66. The molecule has 1 saturated carbocycles. The van der Waals surface area contributed by atoms with Gasteiger partial charge in [-0.05, 0) is 112 Å². The van der Waals surface area contributed by atoms with Gasteiger partial charge in [0.15, 0.2) is 0 Å². The molecule has 2 N–H and O–H groups in total. The summed E-state index contributed by atoms with van der Waals surface area (Å²) in [5.74, 6) is -0.0279. The SMILES string of the molecule is COc1cc2nn(C3CCN(CCC4CCC5(CC4)CCN(C(=O)c4cccc(N6CCC(=O)NC6=O)c4)CC5)CC3)cc2cc1NC(=O)c1cccc(C(F)(F)F)n1. The van der Waals surface area contributed by atoms with E-state index < -0.39 is 23.8 Å². The zero-order valence-corrected chi connectivity index (χ0v) is 33.1. The summed E-state index contributed by atoms with van der Waals surface area (Å²) in [5, 5.41) is 10.6. The van der Waals surface area contributed by atoms with E-state index in [-0.39, 0.29) is 30.0 Å². The number of hydrogen-bond donors (Lipinski definition) is 2. The number of hydrogen-bond acceptors (Lipinski definition) is 8. The maximum absolute atomic E-state index is 13.5. The third kappa shape index (κ3) is 8.92. The molecule has 5 amide bonds. The molecular formula is C43H49F3N8O5. The first-order chi connectivity index (χ1) is 28.4. The summed E-state index contributed by atoms with van der Waals surface area (Å²) in [6.45, 7) is 4.79. The largest absolute Gasteiger partial charge is 0.494 e. The average Bonchev–Trinajstić information content (AvgIpc) is 3.66. The number of aromatic nitrogens is 3. The number of methoxy groups -OCH3 is 1. The fraction of sp³-hybridized carbons (Fsp3) is 0.488. The lowest BCUT2D eigenvalue weighted by Gasteiger charge is -2.46. The molecule has 1 spiro atoms. The van der Waals surface area contributed by atoms with Crippen molar-refractivity contribution in [2.75, 3.05) is 56.6 Å². The van der Waals surface area contributed by atoms with Gasteiger partial charge in [-0.25, -0.2) is 9.78 Å². The van der Waals surface area contributed by atoms with Crippen LogP contribution in [0.1, 0.15) is 96.8 Å². The number of ether oxygens (including phenoxy) is 1. The number of nitrogens with one attached hydrogen (secondary N) is 2. The van der Waals surface area contributed by atoms with Gasteiger partial charge in [0.2, 0.25) is 5.91 Å². The molecule has 4 aromatic rings. The van der Waals surface area contributed by atoms with E-state index in [1.54, 1.807) is 36.4 Å². The van der Waals surface area contributed by atoms with Gasteiger partial charge in [0.05, 0.1) is 24.4 Å². The van der Waals surface area contributed by atoms with Crippen molar-refractivity contribution in [3.63, 3.8) is 0 Å². The van der Waals surface area contributed by atoms with E-state index in [1.807, 2.05) is 15.8 Å². The molecule has 2 aromatic carbocycles. The molecule has 2 aromatic heterocycles. The van der Waals surface area contributed by atoms with Crippen molar-refractivity contribution < 1.29 is 37.1 Å². The fourth-order valence-corrected chi connectivity index (χ4v) is 9.27. The number of likely N-dealkylation sites (tertiary alicyclic amines) is 2. The fourth-order valence-electron chi connectivity index (χ4n) is 9.27. The highest BCUT2D eigenvalue weighted by molar-refractivity contribution is 6.06. The van der Waals surface area contributed by atoms with Gasteiger partial charge < -0.3 is 19.9 Å². The van der Waals surface area contributed by atoms with Crippen LogP contribution in [0.4, 0.5) is 29.3 Å². The molecule has 3 saturated heterocycles. The summed E-state index contributed by atoms with van der Waals surface area (Å²) in [6.07, 6.45) is 7.47. The van der Waals surface area contributed by atoms with Crippen LogP contribution in [0.25, 0.3) is 10.9 Å². The predicted molar refractivity (Wildman–Crippen MR) is 214 cm³/mol. The first-order valence-electron chi connectivity index (χ1n) is 20.5. The lowest BCUT2D eigenvalue weighted by molar-refractivity contribution is -0.141. The number of nitrogens with zero attached hydrogens (tertiary/aromatic N) is 6. The Kier molecular flexibility index (Phi) is 11.3. The Hall–Kier alpha value is -5.51. The number of benzene rings is 2. The van der Waals surface area contributed by atoms with Crippen molar-refractivity contribution in [3.8, 4) is 5.75 Å². The second-order valence-electron chi connectivity index (χ2n) is 16.5. The number of fused-ring (bicyclic) bond motifs is 1. The molecule has 16 heteroatoms. The summed E-state index contributed by atoms with van der Waals surface area (Å²) >= 11 is 0. The van der Waals surface area contributed by atoms with Crippen LogP contribution in [-0.4, -0.2) is 94.7 Å². The van der Waals surface area contributed by atoms with Crippen molar-refractivity contribution in [2.24, 2.45) is 11.3 Å². The highest BCUT2D eigenvalue weighted by atomic mass is 19.4. The number of piperidine rings is 2. The third-order valence-corrected chi connectivity index (χ3v) is 12.9. The van der Waals surface area contributed by atoms with Crippen LogP contribution in [0.15, 0.2) is 60.8 Å². The number of halogens is 3. The van der Waals surface area contributed by atoms with Gasteiger partial charge in [-0.15, -0.1) is 0 Å². The number of carbonyl (C=O) groups excluding carboxylic acids is 4. The lowest BCUT2D eigenvalue weighted by Crippen LogP contribution is -2.49. The van der Waals surface area contributed by atoms with Crippen LogP contribution in [-0.2, 0) is 11.0 Å². The summed E-state index contributed by atoms with van der Waals surface area (Å²) < 4.78 is 47.0. The second kappa shape index (κ2) is 16.6. The van der Waals surface area contributed by atoms with Crippen LogP contribution in [0, 0.1) is 11.3 Å². The van der Waals surface area contributed by atoms with Crippen LogP contribution in [0.3, 0.4) is 0 Å². The molecule has 5 heterocycles. The van der Waals surface area contributed by atoms with Gasteiger partial charge in [0.25, 0.3) is 11.8 Å². The van der Waals surface area contributed by atoms with E-state index in [2.05, 4.69) is 20.5 Å². The smallest absolute Gasteiger partial charge is 0.433 e. The molecule has 8 rings (SSSR count). The molecule has 4 aliphatic rings. The van der Waals surface area contributed by atoms with Crippen LogP contribution in [0.2, 0.25) is 0 Å². The number of urea groups is 1. The normalized spacial score (nSPS) is 19.6. The van der Waals surface area contributed by atoms with Gasteiger partial charge in [-0.3, -0.25) is 29.3 Å². The number of rotatable bonds is 9. The van der Waals surface area contributed by atoms with Crippen LogP contribution in [0.5, 0.6) is 5.75 Å². The second-order valence-corrected chi connectivity index (χ2v) is 16.5. The molecular weight excluding hydrogens is 766 g/mol. The molecule has 0 bridgehead atoms. The molecule has 4 fully saturated rings. The first-order valence-corrected chi connectivity index (χ1v) is 20.5. The van der Waals surface area contributed by atoms with Gasteiger partial charge >= 0.3 is 12.2 Å². The van der Waals surface area contributed by atoms with Gasteiger partial charge in [-0.2, -0.15) is 18.3 Å². The van der Waals surface area contributed by atoms with E-state index >= 15 is 0 Å². The number of imide groups is 1. The van der Waals surface area contributed by atoms with Crippen molar-refractivity contribution in [1.29, 1.82) is 0 Å². The molecule has 0 atom stereocenters. The number of carbonyl (C=O) groups is 4. The van der Waals surface area contributed by atoms with E-state index in [4.69, 9.17) is 9.84 Å². The summed E-state index contributed by atoms with van der Waals surface area (Å²) in [7, 11) is 1.46. The summed E-state index contributed by atoms with van der Waals surface area (Å²) in [5.41, 5.74) is 1.01. The Labute approximate surface area is 340 Å². The minimum Gasteiger partial charge on any atom is -0.494 e. The Morgan fingerprint density at radius 2 is 1.68 bits per heavy atom. The van der Waals surface area contributed by atoms with Crippen molar-refractivity contribution in [2.45, 2.75) is 76.4 Å². The molecule has 13 nitrogen and oxygen atoms in total. The standard InChI is InChI=1S/C43H49F3N8O5/c1-59-36-26-34-30(25-35(36)48-39(56)33-6-3-7-37(47-33)43(44,45)46)27-54(50-34)31-11-19-51(20-12-31)18-10-28-8-14-42(15-9-28)16-22-52(23-17-42)40(57)29-4-2-5-32(24-29)53-21-13-38(55)49-41(53)58/h2-7,24-28,31H,8-23H2,1H3,(H,48,56)(H,49,55,58). The third-order valence-electron chi connectivity index (χ3n) is 12.9. The van der Waals surface area contributed by atoms with E-state index in [1.165, 1.54) is 50.2 Å². The van der Waals surface area contributed by atoms with Crippen LogP contribution >= 0.6 is 0 Å². The molecule has 3 aliphatic heterocycles. The Morgan fingerprint density at radius 1 is 0.932 bits per heavy atom. The summed E-state index contributed by atoms with van der Waals surface area (Å²) in [6, 6.07) is 13.5. The number of pyridine rings is 1. The Morgan fingerprint density at radius 3 is 2.39 bits per heavy atom. The van der Waals surface area contributed by atoms with Crippen LogP contribution < -0.4 is 20.3 Å². The minimum absolute atomic E-state index is 0.0127. The zero-order chi connectivity index (χ0) is 41.3. The number of alkyl halides is 3. The van der Waals surface area contributed by atoms with Gasteiger partial charge in [0.1, 0.15) is 17.1 Å². The van der Waals surface area contributed by atoms with Crippen molar-refractivity contribution in [3.05, 3.63) is 77.7 Å². The monoisotopic (exact) mass is 814 g/mol. The number of amides is 5. The topological polar surface area (TPSA) is 142 Å². The van der Waals surface area contributed by atoms with E-state index in [0.717, 1.165) is 75.9 Å². The molecule has 1 aliphatic carbocycles. The quantitative estimate of drug-likeness (QED) is 0.180. The van der Waals surface area contributed by atoms with Gasteiger partial charge in [-0.1, -0.05) is 12.1 Å². The van der Waals surface area contributed by atoms with E-state index in [9.17, 15) is 32.3 Å². The highest BCUT2D eigenvalue weighted by Crippen LogP contribution is 2.47. The van der Waals surface area contributed by atoms with Crippen molar-refractivity contribution >= 4 is 46.0 Å². The zero-order valence-electron chi connectivity index (χ0n) is 33.1. The lowest BCUT2D eigenvalue weighted by atomic mass is 9.65. The molecule has 0 unspecified atom stereocenters. The highest BCUT2D eigenvalue weighted by Gasteiger charge is 2.39. The first kappa shape index (κ1) is 40.3. The molecule has 312 valence electrons. The Bertz CT molecular complexity index is 2220. The molecule has 0 radical (unpaired) electrons. The van der Waals surface area contributed by atoms with E-state index in [0.29, 0.717) is 46.1 Å². The number of anilines is 2. The van der Waals surface area contributed by atoms with Gasteiger partial charge in [0, 0.05) is 68.0 Å². The average molecular weight is 815 g/mol. The maximum Gasteiger partial charge on any atom is 0.433 e. The summed E-state index contributed by atoms with van der Waals surface area (Å²) in [4.78, 5) is 59.8.